The van der Waals surface area contributed by atoms with Crippen LogP contribution in [0.5, 0.6) is 0 Å². The van der Waals surface area contributed by atoms with Crippen molar-refractivity contribution < 1.29 is 26.7 Å². The summed E-state index contributed by atoms with van der Waals surface area (Å²) in [6, 6.07) is 0. The molecule has 86 valence electrons. The summed E-state index contributed by atoms with van der Waals surface area (Å²) in [5, 5.41) is 9.06. The molecule has 0 amide bonds. The molecule has 1 atom stereocenters. The summed E-state index contributed by atoms with van der Waals surface area (Å²) in [5.74, 6) is -0.314. The van der Waals surface area contributed by atoms with Crippen LogP contribution >= 0.6 is 0 Å². The Morgan fingerprint density at radius 2 is 1.79 bits per heavy atom. The molecule has 14 heavy (non-hydrogen) atoms. The van der Waals surface area contributed by atoms with Crippen LogP contribution in [0.4, 0.5) is 13.2 Å². The molecule has 0 fully saturated rings. The van der Waals surface area contributed by atoms with Crippen molar-refractivity contribution in [2.45, 2.75) is 25.5 Å². The Labute approximate surface area is 80.2 Å². The second-order valence-electron chi connectivity index (χ2n) is 3.11. The van der Waals surface area contributed by atoms with E-state index < -0.39 is 28.2 Å². The van der Waals surface area contributed by atoms with Gasteiger partial charge in [0.25, 0.3) is 0 Å². The fraction of sp³-hybridized carbons (Fsp3) is 1.00. The summed E-state index contributed by atoms with van der Waals surface area (Å²) in [6.45, 7) is 2.48. The summed E-state index contributed by atoms with van der Waals surface area (Å²) < 4.78 is 57.4. The quantitative estimate of drug-likeness (QED) is 0.743. The molecule has 2 N–H and O–H groups in total. The normalized spacial score (nSPS) is 15.9. The monoisotopic (exact) mass is 235 g/mol. The van der Waals surface area contributed by atoms with Crippen LogP contribution in [-0.2, 0) is 10.0 Å². The summed E-state index contributed by atoms with van der Waals surface area (Å²) in [4.78, 5) is 0. The van der Waals surface area contributed by atoms with E-state index in [-0.39, 0.29) is 5.92 Å². The molecule has 0 spiro atoms. The van der Waals surface area contributed by atoms with Crippen molar-refractivity contribution in [2.75, 3.05) is 6.54 Å². The van der Waals surface area contributed by atoms with Crippen molar-refractivity contribution in [3.63, 3.8) is 0 Å². The topological polar surface area (TPSA) is 66.4 Å². The zero-order chi connectivity index (χ0) is 11.6. The van der Waals surface area contributed by atoms with Gasteiger partial charge in [0, 0.05) is 6.54 Å². The van der Waals surface area contributed by atoms with E-state index in [2.05, 4.69) is 0 Å². The van der Waals surface area contributed by atoms with Crippen molar-refractivity contribution in [1.82, 2.24) is 4.72 Å². The van der Waals surface area contributed by atoms with Gasteiger partial charge in [-0.15, -0.1) is 0 Å². The minimum Gasteiger partial charge on any atom is -0.391 e. The number of hydrogen-bond acceptors (Lipinski definition) is 3. The van der Waals surface area contributed by atoms with Gasteiger partial charge in [0.2, 0.25) is 0 Å². The van der Waals surface area contributed by atoms with Gasteiger partial charge in [0.05, 0.1) is 6.10 Å². The van der Waals surface area contributed by atoms with E-state index in [4.69, 9.17) is 5.11 Å². The van der Waals surface area contributed by atoms with Crippen LogP contribution in [0, 0.1) is 5.92 Å². The lowest BCUT2D eigenvalue weighted by atomic mass is 10.1. The molecule has 0 aliphatic rings. The first kappa shape index (κ1) is 13.7. The first-order chi connectivity index (χ1) is 6.08. The van der Waals surface area contributed by atoms with E-state index in [0.717, 1.165) is 0 Å². The lowest BCUT2D eigenvalue weighted by Crippen LogP contribution is -2.41. The van der Waals surface area contributed by atoms with Gasteiger partial charge in [0.1, 0.15) is 0 Å². The SMILES string of the molecule is CC(C)C(O)CNS(=O)(=O)C(F)(F)F. The smallest absolute Gasteiger partial charge is 0.391 e. The lowest BCUT2D eigenvalue weighted by Gasteiger charge is -2.15. The van der Waals surface area contributed by atoms with E-state index in [1.165, 1.54) is 4.72 Å². The Bertz CT molecular complexity index is 273. The van der Waals surface area contributed by atoms with Crippen molar-refractivity contribution >= 4 is 10.0 Å². The maximum atomic E-state index is 11.8. The Kier molecular flexibility index (Phi) is 4.34. The summed E-state index contributed by atoms with van der Waals surface area (Å²) in [5.41, 5.74) is -5.33. The number of sulfonamides is 1. The van der Waals surface area contributed by atoms with Crippen molar-refractivity contribution in [2.24, 2.45) is 5.92 Å². The van der Waals surface area contributed by atoms with Crippen LogP contribution < -0.4 is 4.72 Å². The molecule has 0 aromatic carbocycles. The Morgan fingerprint density at radius 3 is 2.07 bits per heavy atom. The third-order valence-corrected chi connectivity index (χ3v) is 2.71. The van der Waals surface area contributed by atoms with Gasteiger partial charge in [-0.2, -0.15) is 13.2 Å². The Morgan fingerprint density at radius 1 is 1.36 bits per heavy atom. The van der Waals surface area contributed by atoms with Crippen LogP contribution in [0.2, 0.25) is 0 Å². The van der Waals surface area contributed by atoms with Crippen LogP contribution in [0.25, 0.3) is 0 Å². The highest BCUT2D eigenvalue weighted by molar-refractivity contribution is 7.90. The van der Waals surface area contributed by atoms with E-state index in [9.17, 15) is 21.6 Å². The first-order valence-electron chi connectivity index (χ1n) is 3.82. The van der Waals surface area contributed by atoms with E-state index >= 15 is 0 Å². The number of aliphatic hydroxyl groups excluding tert-OH is 1. The van der Waals surface area contributed by atoms with Crippen LogP contribution in [-0.4, -0.2) is 31.7 Å². The van der Waals surface area contributed by atoms with Gasteiger partial charge >= 0.3 is 15.5 Å². The number of halogens is 3. The molecule has 8 heteroatoms. The van der Waals surface area contributed by atoms with Crippen LogP contribution in [0.1, 0.15) is 13.8 Å². The Hall–Kier alpha value is -0.340. The number of alkyl halides is 3. The molecule has 0 aromatic heterocycles. The van der Waals surface area contributed by atoms with Crippen LogP contribution in [0.15, 0.2) is 0 Å². The van der Waals surface area contributed by atoms with Gasteiger partial charge < -0.3 is 5.11 Å². The van der Waals surface area contributed by atoms with E-state index in [1.54, 1.807) is 13.8 Å². The highest BCUT2D eigenvalue weighted by Crippen LogP contribution is 2.21. The zero-order valence-corrected chi connectivity index (χ0v) is 8.48. The summed E-state index contributed by atoms with van der Waals surface area (Å²) >= 11 is 0. The molecule has 0 saturated carbocycles. The number of nitrogens with one attached hydrogen (secondary N) is 1. The lowest BCUT2D eigenvalue weighted by molar-refractivity contribution is -0.0451. The molecule has 0 aromatic rings. The maximum absolute atomic E-state index is 11.8. The van der Waals surface area contributed by atoms with E-state index in [0.29, 0.717) is 0 Å². The van der Waals surface area contributed by atoms with Gasteiger partial charge in [-0.1, -0.05) is 13.8 Å². The fourth-order valence-electron chi connectivity index (χ4n) is 0.513. The van der Waals surface area contributed by atoms with Crippen molar-refractivity contribution in [1.29, 1.82) is 0 Å². The fourth-order valence-corrected chi connectivity index (χ4v) is 1.07. The molecule has 0 radical (unpaired) electrons. The third-order valence-electron chi connectivity index (χ3n) is 1.56. The molecule has 0 aliphatic carbocycles. The minimum absolute atomic E-state index is 0.314. The van der Waals surface area contributed by atoms with Gasteiger partial charge in [-0.05, 0) is 5.92 Å². The Balaban J connectivity index is 4.29. The molecule has 0 saturated heterocycles. The van der Waals surface area contributed by atoms with Crippen molar-refractivity contribution in [3.05, 3.63) is 0 Å². The van der Waals surface area contributed by atoms with Gasteiger partial charge in [-0.3, -0.25) is 0 Å². The molecule has 1 unspecified atom stereocenters. The summed E-state index contributed by atoms with van der Waals surface area (Å²) in [6.07, 6.45) is -1.13. The van der Waals surface area contributed by atoms with Crippen molar-refractivity contribution in [3.8, 4) is 0 Å². The number of rotatable bonds is 4. The standard InChI is InChI=1S/C6H12F3NO3S/c1-4(2)5(11)3-10-14(12,13)6(7,8)9/h4-5,10-11H,3H2,1-2H3. The minimum atomic E-state index is -5.34. The zero-order valence-electron chi connectivity index (χ0n) is 7.67. The van der Waals surface area contributed by atoms with Gasteiger partial charge in [-0.25, -0.2) is 13.1 Å². The molecule has 0 bridgehead atoms. The molecule has 0 heterocycles. The largest absolute Gasteiger partial charge is 0.511 e. The molecule has 4 nitrogen and oxygen atoms in total. The highest BCUT2D eigenvalue weighted by atomic mass is 32.2. The first-order valence-corrected chi connectivity index (χ1v) is 5.30. The number of hydrogen-bond donors (Lipinski definition) is 2. The average molecular weight is 235 g/mol. The van der Waals surface area contributed by atoms with E-state index in [1.807, 2.05) is 0 Å². The molecule has 0 aliphatic heterocycles. The summed E-state index contributed by atoms with van der Waals surface area (Å²) in [7, 11) is -5.34. The second-order valence-corrected chi connectivity index (χ2v) is 4.87. The predicted molar refractivity (Wildman–Crippen MR) is 43.8 cm³/mol. The predicted octanol–water partition coefficient (Wildman–Crippen LogP) is 0.443. The number of aliphatic hydroxyl groups is 1. The average Bonchev–Trinajstić information content (AvgIpc) is 1.97. The van der Waals surface area contributed by atoms with Gasteiger partial charge in [0.15, 0.2) is 0 Å². The third kappa shape index (κ3) is 3.81. The molecular formula is C6H12F3NO3S. The molecule has 0 rings (SSSR count). The second kappa shape index (κ2) is 4.45. The maximum Gasteiger partial charge on any atom is 0.511 e. The molecular weight excluding hydrogens is 223 g/mol. The van der Waals surface area contributed by atoms with Crippen LogP contribution in [0.3, 0.4) is 0 Å². The highest BCUT2D eigenvalue weighted by Gasteiger charge is 2.45.